The van der Waals surface area contributed by atoms with Gasteiger partial charge in [-0.25, -0.2) is 8.78 Å². The minimum absolute atomic E-state index is 0.0499. The summed E-state index contributed by atoms with van der Waals surface area (Å²) in [6, 6.07) is 2.97. The number of ether oxygens (including phenoxy) is 2. The largest absolute Gasteiger partial charge is 0.339 e. The van der Waals surface area contributed by atoms with Gasteiger partial charge in [0.15, 0.2) is 11.6 Å². The van der Waals surface area contributed by atoms with Crippen LogP contribution < -0.4 is 0 Å². The van der Waals surface area contributed by atoms with Crippen LogP contribution in [0.1, 0.15) is 5.56 Å². The first-order valence-electron chi connectivity index (χ1n) is 4.08. The van der Waals surface area contributed by atoms with Crippen LogP contribution in [0.5, 0.6) is 0 Å². The molecule has 1 aliphatic rings. The van der Waals surface area contributed by atoms with Crippen LogP contribution in [0.3, 0.4) is 0 Å². The lowest BCUT2D eigenvalue weighted by molar-refractivity contribution is -0.317. The molecule has 1 saturated heterocycles. The molecule has 5 heteroatoms. The highest BCUT2D eigenvalue weighted by Crippen LogP contribution is 2.28. The lowest BCUT2D eigenvalue weighted by Crippen LogP contribution is -2.26. The van der Waals surface area contributed by atoms with Gasteiger partial charge >= 0.3 is 5.97 Å². The number of aliphatic hydroxyl groups is 1. The van der Waals surface area contributed by atoms with E-state index in [1.807, 2.05) is 0 Å². The molecule has 1 aromatic rings. The van der Waals surface area contributed by atoms with E-state index < -0.39 is 17.6 Å². The molecule has 0 aromatic heterocycles. The molecule has 1 N–H and O–H groups in total. The summed E-state index contributed by atoms with van der Waals surface area (Å²) in [6.07, 6.45) is 0. The van der Waals surface area contributed by atoms with Gasteiger partial charge in [-0.15, -0.1) is 0 Å². The Morgan fingerprint density at radius 1 is 1.14 bits per heavy atom. The van der Waals surface area contributed by atoms with Gasteiger partial charge in [-0.2, -0.15) is 0 Å². The summed E-state index contributed by atoms with van der Waals surface area (Å²) in [5, 5.41) is 9.64. The van der Waals surface area contributed by atoms with Gasteiger partial charge in [0, 0.05) is 5.56 Å². The molecule has 0 unspecified atom stereocenters. The third-order valence-electron chi connectivity index (χ3n) is 1.96. The van der Waals surface area contributed by atoms with E-state index in [0.717, 1.165) is 12.1 Å². The Bertz CT molecular complexity index is 348. The standard InChI is InChI=1S/C9H8F2O3/c10-7-2-1-6(5-8(7)11)9(12)13-3-4-14-9/h1-2,5,12H,3-4H2. The van der Waals surface area contributed by atoms with Crippen LogP contribution in [0.2, 0.25) is 0 Å². The average Bonchev–Trinajstić information content (AvgIpc) is 2.58. The lowest BCUT2D eigenvalue weighted by Gasteiger charge is -2.20. The van der Waals surface area contributed by atoms with Crippen molar-refractivity contribution in [2.45, 2.75) is 5.97 Å². The molecule has 76 valence electrons. The van der Waals surface area contributed by atoms with Crippen LogP contribution in [0.15, 0.2) is 18.2 Å². The lowest BCUT2D eigenvalue weighted by atomic mass is 10.2. The topological polar surface area (TPSA) is 38.7 Å². The molecular formula is C9H8F2O3. The smallest absolute Gasteiger partial charge is 0.309 e. The zero-order valence-electron chi connectivity index (χ0n) is 7.17. The van der Waals surface area contributed by atoms with Gasteiger partial charge in [-0.3, -0.25) is 0 Å². The van der Waals surface area contributed by atoms with Crippen molar-refractivity contribution in [3.8, 4) is 0 Å². The second-order valence-electron chi connectivity index (χ2n) is 2.91. The monoisotopic (exact) mass is 202 g/mol. The van der Waals surface area contributed by atoms with Crippen molar-refractivity contribution in [1.29, 1.82) is 0 Å². The fourth-order valence-corrected chi connectivity index (χ4v) is 1.26. The second-order valence-corrected chi connectivity index (χ2v) is 2.91. The summed E-state index contributed by atoms with van der Waals surface area (Å²) in [5.74, 6) is -3.96. The van der Waals surface area contributed by atoms with Gasteiger partial charge in [-0.1, -0.05) is 0 Å². The Hall–Kier alpha value is -1.04. The van der Waals surface area contributed by atoms with E-state index in [1.165, 1.54) is 6.07 Å². The van der Waals surface area contributed by atoms with E-state index in [9.17, 15) is 13.9 Å². The summed E-state index contributed by atoms with van der Waals surface area (Å²) in [5.41, 5.74) is 0.0499. The molecule has 14 heavy (non-hydrogen) atoms. The van der Waals surface area contributed by atoms with Crippen molar-refractivity contribution in [1.82, 2.24) is 0 Å². The minimum Gasteiger partial charge on any atom is -0.339 e. The molecule has 0 atom stereocenters. The molecule has 1 fully saturated rings. The van der Waals surface area contributed by atoms with Crippen molar-refractivity contribution in [2.24, 2.45) is 0 Å². The second kappa shape index (κ2) is 3.27. The molecule has 0 saturated carbocycles. The Morgan fingerprint density at radius 2 is 1.79 bits per heavy atom. The van der Waals surface area contributed by atoms with E-state index in [4.69, 9.17) is 9.47 Å². The number of hydrogen-bond donors (Lipinski definition) is 1. The first-order valence-corrected chi connectivity index (χ1v) is 4.08. The van der Waals surface area contributed by atoms with Crippen LogP contribution in [0, 0.1) is 11.6 Å². The first kappa shape index (κ1) is 9.51. The highest BCUT2D eigenvalue weighted by Gasteiger charge is 2.36. The fraction of sp³-hybridized carbons (Fsp3) is 0.333. The predicted octanol–water partition coefficient (Wildman–Crippen LogP) is 1.11. The van der Waals surface area contributed by atoms with Crippen molar-refractivity contribution in [2.75, 3.05) is 13.2 Å². The van der Waals surface area contributed by atoms with Gasteiger partial charge in [0.2, 0.25) is 0 Å². The molecule has 2 rings (SSSR count). The zero-order valence-corrected chi connectivity index (χ0v) is 7.17. The Kier molecular flexibility index (Phi) is 2.22. The zero-order chi connectivity index (χ0) is 10.2. The first-order chi connectivity index (χ1) is 6.62. The third-order valence-corrected chi connectivity index (χ3v) is 1.96. The highest BCUT2D eigenvalue weighted by molar-refractivity contribution is 5.21. The van der Waals surface area contributed by atoms with E-state index in [-0.39, 0.29) is 18.8 Å². The number of rotatable bonds is 1. The maximum absolute atomic E-state index is 12.8. The summed E-state index contributed by atoms with van der Waals surface area (Å²) < 4.78 is 35.1. The third kappa shape index (κ3) is 1.50. The van der Waals surface area contributed by atoms with Gasteiger partial charge in [0.25, 0.3) is 0 Å². The van der Waals surface area contributed by atoms with Crippen LogP contribution in [0.4, 0.5) is 8.78 Å². The molecule has 3 nitrogen and oxygen atoms in total. The van der Waals surface area contributed by atoms with E-state index in [1.54, 1.807) is 0 Å². The van der Waals surface area contributed by atoms with E-state index in [2.05, 4.69) is 0 Å². The van der Waals surface area contributed by atoms with Crippen molar-refractivity contribution < 1.29 is 23.4 Å². The highest BCUT2D eigenvalue weighted by atomic mass is 19.2. The normalized spacial score (nSPS) is 19.9. The van der Waals surface area contributed by atoms with Gasteiger partial charge < -0.3 is 14.6 Å². The number of halogens is 2. The molecule has 1 aromatic carbocycles. The maximum atomic E-state index is 12.8. The molecule has 0 aliphatic carbocycles. The minimum atomic E-state index is -1.94. The molecule has 0 bridgehead atoms. The van der Waals surface area contributed by atoms with Gasteiger partial charge in [0.1, 0.15) is 0 Å². The van der Waals surface area contributed by atoms with Crippen molar-refractivity contribution in [3.05, 3.63) is 35.4 Å². The molecule has 0 amide bonds. The Balaban J connectivity index is 2.36. The SMILES string of the molecule is OC1(c2ccc(F)c(F)c2)OCCO1. The van der Waals surface area contributed by atoms with Crippen LogP contribution in [0.25, 0.3) is 0 Å². The average molecular weight is 202 g/mol. The summed E-state index contributed by atoms with van der Waals surface area (Å²) in [6.45, 7) is 0.436. The molecular weight excluding hydrogens is 194 g/mol. The fourth-order valence-electron chi connectivity index (χ4n) is 1.26. The predicted molar refractivity (Wildman–Crippen MR) is 42.2 cm³/mol. The summed E-state index contributed by atoms with van der Waals surface area (Å²) in [4.78, 5) is 0. The quantitative estimate of drug-likeness (QED) is 0.741. The van der Waals surface area contributed by atoms with Crippen LogP contribution >= 0.6 is 0 Å². The Morgan fingerprint density at radius 3 is 2.36 bits per heavy atom. The molecule has 1 heterocycles. The summed E-state index contributed by atoms with van der Waals surface area (Å²) >= 11 is 0. The number of benzene rings is 1. The van der Waals surface area contributed by atoms with Gasteiger partial charge in [0.05, 0.1) is 13.2 Å². The van der Waals surface area contributed by atoms with Crippen LogP contribution in [-0.2, 0) is 15.4 Å². The van der Waals surface area contributed by atoms with Crippen LogP contribution in [-0.4, -0.2) is 18.3 Å². The van der Waals surface area contributed by atoms with E-state index >= 15 is 0 Å². The molecule has 1 aliphatic heterocycles. The van der Waals surface area contributed by atoms with Crippen molar-refractivity contribution in [3.63, 3.8) is 0 Å². The Labute approximate surface area is 78.9 Å². The van der Waals surface area contributed by atoms with Gasteiger partial charge in [-0.05, 0) is 18.2 Å². The summed E-state index contributed by atoms with van der Waals surface area (Å²) in [7, 11) is 0. The molecule has 0 radical (unpaired) electrons. The molecule has 0 spiro atoms. The van der Waals surface area contributed by atoms with Crippen molar-refractivity contribution >= 4 is 0 Å². The number of hydrogen-bond acceptors (Lipinski definition) is 3. The maximum Gasteiger partial charge on any atom is 0.309 e. The van der Waals surface area contributed by atoms with E-state index in [0.29, 0.717) is 0 Å².